The maximum absolute atomic E-state index is 12.1. The summed E-state index contributed by atoms with van der Waals surface area (Å²) in [4.78, 5) is 12.1. The van der Waals surface area contributed by atoms with E-state index in [0.29, 0.717) is 22.7 Å². The Bertz CT molecular complexity index is 339. The van der Waals surface area contributed by atoms with Gasteiger partial charge in [-0.05, 0) is 46.0 Å². The highest BCUT2D eigenvalue weighted by Crippen LogP contribution is 2.39. The average Bonchev–Trinajstić information content (AvgIpc) is 2.52. The first-order chi connectivity index (χ1) is 8.08. The minimum Gasteiger partial charge on any atom is -0.299 e. The lowest BCUT2D eigenvalue weighted by atomic mass is 9.92. The van der Waals surface area contributed by atoms with Gasteiger partial charge in [0, 0.05) is 33.6 Å². The summed E-state index contributed by atoms with van der Waals surface area (Å²) >= 11 is 0. The van der Waals surface area contributed by atoms with E-state index in [9.17, 15) is 9.00 Å². The number of rotatable bonds is 4. The van der Waals surface area contributed by atoms with E-state index in [1.54, 1.807) is 0 Å². The van der Waals surface area contributed by atoms with Gasteiger partial charge in [0.05, 0.1) is 0 Å². The Morgan fingerprint density at radius 3 is 2.35 bits per heavy atom. The van der Waals surface area contributed by atoms with Crippen molar-refractivity contribution in [2.24, 2.45) is 5.92 Å². The van der Waals surface area contributed by atoms with Gasteiger partial charge in [0.15, 0.2) is 0 Å². The molecule has 2 heterocycles. The van der Waals surface area contributed by atoms with E-state index >= 15 is 0 Å². The van der Waals surface area contributed by atoms with Gasteiger partial charge in [-0.15, -0.1) is 0 Å². The van der Waals surface area contributed by atoms with Crippen molar-refractivity contribution in [1.82, 2.24) is 0 Å². The Hall–Kier alpha value is -0.440. The summed E-state index contributed by atoms with van der Waals surface area (Å²) in [6, 6.07) is 0. The van der Waals surface area contributed by atoms with Crippen LogP contribution in [0, 0.1) is 5.92 Å². The van der Waals surface area contributed by atoms with Crippen LogP contribution in [0.15, 0.2) is 11.6 Å². The van der Waals surface area contributed by atoms with E-state index in [-0.39, 0.29) is 5.92 Å². The summed E-state index contributed by atoms with van der Waals surface area (Å²) in [6.07, 6.45) is 7.60. The number of carbonyl (C=O) groups is 1. The van der Waals surface area contributed by atoms with Gasteiger partial charge in [-0.2, -0.15) is 0 Å². The topological polar surface area (TPSA) is 34.1 Å². The van der Waals surface area contributed by atoms with Crippen molar-refractivity contribution < 1.29 is 9.00 Å². The highest BCUT2D eigenvalue weighted by Gasteiger charge is 2.42. The number of hydrogen-bond donors (Lipinski definition) is 0. The van der Waals surface area contributed by atoms with Gasteiger partial charge >= 0.3 is 0 Å². The van der Waals surface area contributed by atoms with Gasteiger partial charge in [0.1, 0.15) is 5.78 Å². The minimum atomic E-state index is -0.633. The molecule has 2 saturated heterocycles. The molecule has 2 rings (SSSR count). The molecule has 2 aliphatic heterocycles. The lowest BCUT2D eigenvalue weighted by Gasteiger charge is -2.26. The highest BCUT2D eigenvalue weighted by atomic mass is 32.2. The molecule has 0 spiro atoms. The number of allylic oxidation sites excluding steroid dienone is 2. The molecule has 3 heteroatoms. The second-order valence-electron chi connectivity index (χ2n) is 5.60. The smallest absolute Gasteiger partial charge is 0.136 e. The largest absolute Gasteiger partial charge is 0.299 e. The van der Waals surface area contributed by atoms with Crippen molar-refractivity contribution in [1.29, 1.82) is 0 Å². The maximum Gasteiger partial charge on any atom is 0.136 e. The normalized spacial score (nSPS) is 35.6. The molecule has 2 fully saturated rings. The number of carbonyl (C=O) groups excluding carboxylic acids is 1. The van der Waals surface area contributed by atoms with E-state index in [4.69, 9.17) is 0 Å². The molecule has 0 aromatic rings. The third-order valence-electron chi connectivity index (χ3n) is 3.96. The molecule has 2 aliphatic rings. The van der Waals surface area contributed by atoms with Gasteiger partial charge in [-0.1, -0.05) is 11.6 Å². The molecule has 0 amide bonds. The molecule has 0 saturated carbocycles. The second-order valence-corrected chi connectivity index (χ2v) is 7.60. The van der Waals surface area contributed by atoms with Gasteiger partial charge < -0.3 is 0 Å². The van der Waals surface area contributed by atoms with E-state index in [2.05, 4.69) is 19.9 Å². The summed E-state index contributed by atoms with van der Waals surface area (Å²) in [7, 11) is -0.633. The van der Waals surface area contributed by atoms with Crippen LogP contribution in [-0.2, 0) is 15.6 Å². The summed E-state index contributed by atoms with van der Waals surface area (Å²) in [5, 5.41) is 0.650. The fraction of sp³-hybridized carbons (Fsp3) is 0.786. The summed E-state index contributed by atoms with van der Waals surface area (Å²) in [5.74, 6) is 0.604. The van der Waals surface area contributed by atoms with Crippen LogP contribution in [0.2, 0.25) is 0 Å². The van der Waals surface area contributed by atoms with Gasteiger partial charge in [0.25, 0.3) is 0 Å². The van der Waals surface area contributed by atoms with Crippen LogP contribution >= 0.6 is 0 Å². The highest BCUT2D eigenvalue weighted by molar-refractivity contribution is 7.86. The van der Waals surface area contributed by atoms with Crippen LogP contribution in [0.4, 0.5) is 0 Å². The lowest BCUT2D eigenvalue weighted by molar-refractivity contribution is -0.123. The van der Waals surface area contributed by atoms with Crippen LogP contribution in [-0.4, -0.2) is 20.5 Å². The van der Waals surface area contributed by atoms with Crippen LogP contribution in [0.25, 0.3) is 0 Å². The van der Waals surface area contributed by atoms with E-state index in [0.717, 1.165) is 32.1 Å². The SMILES string of the molecule is CC(C)=CCCC(=O)C1CC2CCC(C1)S2=O. The molecular weight excluding hydrogens is 232 g/mol. The summed E-state index contributed by atoms with van der Waals surface area (Å²) in [5.41, 5.74) is 1.28. The number of fused-ring (bicyclic) bond motifs is 2. The standard InChI is InChI=1S/C14H22O2S/c1-10(2)4-3-5-14(15)11-8-12-6-7-13(9-11)17(12)16/h4,11-13H,3,5-9H2,1-2H3. The molecule has 0 aromatic carbocycles. The third-order valence-corrected chi connectivity index (χ3v) is 6.13. The molecule has 2 bridgehead atoms. The van der Waals surface area contributed by atoms with Gasteiger partial charge in [0.2, 0.25) is 0 Å². The molecular formula is C14H22O2S. The first kappa shape index (κ1) is 13.0. The zero-order valence-electron chi connectivity index (χ0n) is 10.8. The quantitative estimate of drug-likeness (QED) is 0.723. The fourth-order valence-corrected chi connectivity index (χ4v) is 5.13. The van der Waals surface area contributed by atoms with Crippen LogP contribution in [0.1, 0.15) is 52.4 Å². The Morgan fingerprint density at radius 1 is 1.24 bits per heavy atom. The Morgan fingerprint density at radius 2 is 1.82 bits per heavy atom. The molecule has 0 aromatic heterocycles. The van der Waals surface area contributed by atoms with Crippen LogP contribution < -0.4 is 0 Å². The Kier molecular flexibility index (Phi) is 4.18. The second kappa shape index (κ2) is 5.47. The monoisotopic (exact) mass is 254 g/mol. The van der Waals surface area contributed by atoms with E-state index in [1.807, 2.05) is 0 Å². The van der Waals surface area contributed by atoms with Gasteiger partial charge in [-0.25, -0.2) is 0 Å². The van der Waals surface area contributed by atoms with Crippen molar-refractivity contribution in [2.45, 2.75) is 62.9 Å². The molecule has 2 unspecified atom stereocenters. The molecule has 0 N–H and O–H groups in total. The number of ketones is 1. The number of Topliss-reactive ketones (excluding diaryl/α,β-unsaturated/α-hetero) is 1. The summed E-state index contributed by atoms with van der Waals surface area (Å²) in [6.45, 7) is 4.13. The van der Waals surface area contributed by atoms with E-state index < -0.39 is 10.8 Å². The predicted molar refractivity (Wildman–Crippen MR) is 71.3 cm³/mol. The lowest BCUT2D eigenvalue weighted by Crippen LogP contribution is -2.32. The van der Waals surface area contributed by atoms with Gasteiger partial charge in [-0.3, -0.25) is 9.00 Å². The van der Waals surface area contributed by atoms with Crippen molar-refractivity contribution in [2.75, 3.05) is 0 Å². The van der Waals surface area contributed by atoms with Crippen LogP contribution in [0.5, 0.6) is 0 Å². The first-order valence-corrected chi connectivity index (χ1v) is 7.91. The predicted octanol–water partition coefficient (Wildman–Crippen LogP) is 2.99. The van der Waals surface area contributed by atoms with Crippen molar-refractivity contribution in [3.05, 3.63) is 11.6 Å². The van der Waals surface area contributed by atoms with Crippen molar-refractivity contribution >= 4 is 16.6 Å². The third kappa shape index (κ3) is 3.06. The first-order valence-electron chi connectivity index (χ1n) is 6.63. The molecule has 0 aliphatic carbocycles. The Balaban J connectivity index is 1.85. The minimum absolute atomic E-state index is 0.204. The van der Waals surface area contributed by atoms with Crippen LogP contribution in [0.3, 0.4) is 0 Å². The average molecular weight is 254 g/mol. The molecule has 2 nitrogen and oxygen atoms in total. The molecule has 0 radical (unpaired) electrons. The molecule has 17 heavy (non-hydrogen) atoms. The summed E-state index contributed by atoms with van der Waals surface area (Å²) < 4.78 is 11.8. The van der Waals surface area contributed by atoms with E-state index in [1.165, 1.54) is 5.57 Å². The zero-order valence-corrected chi connectivity index (χ0v) is 11.6. The zero-order chi connectivity index (χ0) is 12.4. The maximum atomic E-state index is 12.1. The van der Waals surface area contributed by atoms with Crippen molar-refractivity contribution in [3.63, 3.8) is 0 Å². The number of hydrogen-bond acceptors (Lipinski definition) is 2. The van der Waals surface area contributed by atoms with Crippen molar-refractivity contribution in [3.8, 4) is 0 Å². The molecule has 96 valence electrons. The fourth-order valence-electron chi connectivity index (χ4n) is 3.00. The Labute approximate surface area is 106 Å². The molecule has 2 atom stereocenters.